The average Bonchev–Trinajstić information content (AvgIpc) is 3.00. The number of rotatable bonds is 6. The number of carbonyl (C=O) groups excluding carboxylic acids is 1. The lowest BCUT2D eigenvalue weighted by Gasteiger charge is -2.58. The average molecular weight is 403 g/mol. The first-order valence-electron chi connectivity index (χ1n) is 12.5. The van der Waals surface area contributed by atoms with Gasteiger partial charge in [-0.2, -0.15) is 0 Å². The zero-order valence-electron chi connectivity index (χ0n) is 18.9. The Morgan fingerprint density at radius 3 is 2.69 bits per heavy atom. The Hall–Kier alpha value is -0.830. The molecular weight excluding hydrogens is 360 g/mol. The second kappa shape index (κ2) is 8.36. The number of ether oxygens (including phenoxy) is 1. The molecule has 29 heavy (non-hydrogen) atoms. The number of carbonyl (C=O) groups is 1. The van der Waals surface area contributed by atoms with E-state index in [4.69, 9.17) is 4.74 Å². The molecule has 4 aliphatic rings. The summed E-state index contributed by atoms with van der Waals surface area (Å²) in [6, 6.07) is 0. The maximum Gasteiger partial charge on any atom is 0.306 e. The van der Waals surface area contributed by atoms with Crippen molar-refractivity contribution in [2.24, 2.45) is 28.6 Å². The van der Waals surface area contributed by atoms with Crippen molar-refractivity contribution in [1.29, 1.82) is 0 Å². The number of aliphatic hydroxyl groups is 1. The Kier molecular flexibility index (Phi) is 6.17. The summed E-state index contributed by atoms with van der Waals surface area (Å²) in [5, 5.41) is 10.6. The van der Waals surface area contributed by atoms with Gasteiger partial charge >= 0.3 is 5.97 Å². The first-order valence-corrected chi connectivity index (χ1v) is 12.5. The number of fused-ring (bicyclic) bond motifs is 5. The monoisotopic (exact) mass is 402 g/mol. The number of hydrogen-bond acceptors (Lipinski definition) is 3. The molecule has 3 fully saturated rings. The Morgan fingerprint density at radius 1 is 1.07 bits per heavy atom. The zero-order chi connectivity index (χ0) is 20.6. The number of hydrogen-bond donors (Lipinski definition) is 1. The summed E-state index contributed by atoms with van der Waals surface area (Å²) in [4.78, 5) is 12.3. The van der Waals surface area contributed by atoms with Crippen molar-refractivity contribution in [2.45, 2.75) is 116 Å². The molecule has 0 saturated heterocycles. The van der Waals surface area contributed by atoms with Gasteiger partial charge in [-0.1, -0.05) is 45.6 Å². The van der Waals surface area contributed by atoms with E-state index in [1.54, 1.807) is 5.57 Å². The first-order chi connectivity index (χ1) is 13.9. The molecule has 7 atom stereocenters. The van der Waals surface area contributed by atoms with Crippen LogP contribution in [0.3, 0.4) is 0 Å². The number of aliphatic hydroxyl groups excluding tert-OH is 1. The van der Waals surface area contributed by atoms with Gasteiger partial charge in [0, 0.05) is 6.42 Å². The predicted octanol–water partition coefficient (Wildman–Crippen LogP) is 6.19. The molecule has 164 valence electrons. The van der Waals surface area contributed by atoms with Gasteiger partial charge in [-0.3, -0.25) is 4.79 Å². The van der Waals surface area contributed by atoms with Crippen molar-refractivity contribution in [3.8, 4) is 0 Å². The molecule has 4 aliphatic carbocycles. The van der Waals surface area contributed by atoms with Crippen LogP contribution in [-0.2, 0) is 9.53 Å². The van der Waals surface area contributed by atoms with Crippen LogP contribution in [0.4, 0.5) is 0 Å². The first kappa shape index (κ1) is 21.4. The van der Waals surface area contributed by atoms with Gasteiger partial charge in [0.05, 0.1) is 6.10 Å². The SMILES string of the molecule is CCCCCCC(=O)O[C@@H]1C=C2CC[C@H]3[C@@H]4CC[C@H](O)[C@@]4(C)CC[C@@H]3[C@@]2(C)CC1. The van der Waals surface area contributed by atoms with Crippen molar-refractivity contribution >= 4 is 5.97 Å². The molecule has 3 saturated carbocycles. The van der Waals surface area contributed by atoms with Crippen LogP contribution in [0.2, 0.25) is 0 Å². The summed E-state index contributed by atoms with van der Waals surface area (Å²) in [7, 11) is 0. The van der Waals surface area contributed by atoms with E-state index in [0.29, 0.717) is 12.3 Å². The molecule has 3 nitrogen and oxygen atoms in total. The van der Waals surface area contributed by atoms with E-state index in [0.717, 1.165) is 50.4 Å². The Morgan fingerprint density at radius 2 is 1.90 bits per heavy atom. The van der Waals surface area contributed by atoms with Crippen molar-refractivity contribution in [2.75, 3.05) is 0 Å². The summed E-state index contributed by atoms with van der Waals surface area (Å²) < 4.78 is 5.85. The van der Waals surface area contributed by atoms with Crippen LogP contribution in [0.25, 0.3) is 0 Å². The highest BCUT2D eigenvalue weighted by atomic mass is 16.5. The molecular formula is C26H42O3. The summed E-state index contributed by atoms with van der Waals surface area (Å²) in [6.45, 7) is 7.04. The third kappa shape index (κ3) is 3.82. The van der Waals surface area contributed by atoms with Gasteiger partial charge in [-0.05, 0) is 92.4 Å². The lowest BCUT2D eigenvalue weighted by Crippen LogP contribution is -2.51. The predicted molar refractivity (Wildman–Crippen MR) is 116 cm³/mol. The Bertz CT molecular complexity index is 640. The highest BCUT2D eigenvalue weighted by molar-refractivity contribution is 5.69. The van der Waals surface area contributed by atoms with E-state index >= 15 is 0 Å². The standard InChI is InChI=1S/C26H42O3/c1-4-5-6-7-8-24(28)29-19-13-15-25(2)18(17-19)9-10-20-21-11-12-23(27)26(21,3)16-14-22(20)25/h17,19-23,27H,4-16H2,1-3H3/t19-,20-,21-,22-,23-,25-,26-/m0/s1. The van der Waals surface area contributed by atoms with Crippen molar-refractivity contribution in [3.63, 3.8) is 0 Å². The fourth-order valence-electron chi connectivity index (χ4n) is 7.69. The van der Waals surface area contributed by atoms with E-state index in [-0.39, 0.29) is 29.0 Å². The quantitative estimate of drug-likeness (QED) is 0.327. The summed E-state index contributed by atoms with van der Waals surface area (Å²) in [5.74, 6) is 2.21. The minimum absolute atomic E-state index is 0.00420. The maximum absolute atomic E-state index is 12.3. The molecule has 0 aromatic carbocycles. The molecule has 0 aromatic rings. The van der Waals surface area contributed by atoms with Crippen molar-refractivity contribution < 1.29 is 14.6 Å². The van der Waals surface area contributed by atoms with E-state index in [9.17, 15) is 9.90 Å². The smallest absolute Gasteiger partial charge is 0.306 e. The van der Waals surface area contributed by atoms with E-state index in [2.05, 4.69) is 26.8 Å². The molecule has 0 amide bonds. The largest absolute Gasteiger partial charge is 0.458 e. The molecule has 0 heterocycles. The van der Waals surface area contributed by atoms with Crippen LogP contribution in [0.1, 0.15) is 104 Å². The number of unbranched alkanes of at least 4 members (excludes halogenated alkanes) is 3. The van der Waals surface area contributed by atoms with Crippen molar-refractivity contribution in [3.05, 3.63) is 11.6 Å². The van der Waals surface area contributed by atoms with Gasteiger partial charge < -0.3 is 9.84 Å². The van der Waals surface area contributed by atoms with Crippen molar-refractivity contribution in [1.82, 2.24) is 0 Å². The lowest BCUT2D eigenvalue weighted by molar-refractivity contribution is -0.148. The van der Waals surface area contributed by atoms with Crippen LogP contribution < -0.4 is 0 Å². The third-order valence-electron chi connectivity index (χ3n) is 9.54. The highest BCUT2D eigenvalue weighted by Gasteiger charge is 2.58. The van der Waals surface area contributed by atoms with Gasteiger partial charge in [-0.15, -0.1) is 0 Å². The van der Waals surface area contributed by atoms with Gasteiger partial charge in [0.1, 0.15) is 6.10 Å². The fourth-order valence-corrected chi connectivity index (χ4v) is 7.69. The van der Waals surface area contributed by atoms with Crippen LogP contribution in [0.5, 0.6) is 0 Å². The molecule has 0 unspecified atom stereocenters. The number of esters is 1. The van der Waals surface area contributed by atoms with E-state index in [1.807, 2.05) is 0 Å². The van der Waals surface area contributed by atoms with E-state index < -0.39 is 0 Å². The summed E-state index contributed by atoms with van der Waals surface area (Å²) in [5.41, 5.74) is 2.00. The minimum Gasteiger partial charge on any atom is -0.458 e. The third-order valence-corrected chi connectivity index (χ3v) is 9.54. The molecule has 0 aliphatic heterocycles. The second-order valence-corrected chi connectivity index (χ2v) is 11.0. The molecule has 0 aromatic heterocycles. The Balaban J connectivity index is 1.40. The highest BCUT2D eigenvalue weighted by Crippen LogP contribution is 2.65. The van der Waals surface area contributed by atoms with E-state index in [1.165, 1.54) is 38.5 Å². The van der Waals surface area contributed by atoms with Crippen LogP contribution in [-0.4, -0.2) is 23.3 Å². The van der Waals surface area contributed by atoms with Gasteiger partial charge in [0.15, 0.2) is 0 Å². The molecule has 0 spiro atoms. The Labute approximate surface area is 177 Å². The molecule has 0 radical (unpaired) electrons. The second-order valence-electron chi connectivity index (χ2n) is 11.0. The van der Waals surface area contributed by atoms with Crippen LogP contribution >= 0.6 is 0 Å². The van der Waals surface area contributed by atoms with Gasteiger partial charge in [-0.25, -0.2) is 0 Å². The molecule has 1 N–H and O–H groups in total. The number of allylic oxidation sites excluding steroid dienone is 1. The topological polar surface area (TPSA) is 46.5 Å². The fraction of sp³-hybridized carbons (Fsp3) is 0.885. The summed E-state index contributed by atoms with van der Waals surface area (Å²) in [6.07, 6.45) is 16.5. The van der Waals surface area contributed by atoms with Crippen LogP contribution in [0, 0.1) is 28.6 Å². The summed E-state index contributed by atoms with van der Waals surface area (Å²) >= 11 is 0. The normalized spacial score (nSPS) is 43.7. The van der Waals surface area contributed by atoms with Gasteiger partial charge in [0.25, 0.3) is 0 Å². The maximum atomic E-state index is 12.3. The molecule has 4 rings (SSSR count). The van der Waals surface area contributed by atoms with Gasteiger partial charge in [0.2, 0.25) is 0 Å². The molecule has 3 heteroatoms. The zero-order valence-corrected chi connectivity index (χ0v) is 18.9. The minimum atomic E-state index is -0.0920. The lowest BCUT2D eigenvalue weighted by atomic mass is 9.47. The molecule has 0 bridgehead atoms. The van der Waals surface area contributed by atoms with Crippen LogP contribution in [0.15, 0.2) is 11.6 Å².